The van der Waals surface area contributed by atoms with Gasteiger partial charge in [-0.25, -0.2) is 4.39 Å². The van der Waals surface area contributed by atoms with E-state index in [4.69, 9.17) is 11.6 Å². The van der Waals surface area contributed by atoms with E-state index in [1.54, 1.807) is 0 Å². The minimum absolute atomic E-state index is 0.0283. The van der Waals surface area contributed by atoms with Gasteiger partial charge in [0.2, 0.25) is 5.91 Å². The van der Waals surface area contributed by atoms with Crippen LogP contribution in [0.1, 0.15) is 47.7 Å². The number of carbonyl (C=O) groups is 2. The molecule has 2 saturated heterocycles. The lowest BCUT2D eigenvalue weighted by Crippen LogP contribution is -2.52. The predicted octanol–water partition coefficient (Wildman–Crippen LogP) is 6.27. The van der Waals surface area contributed by atoms with Crippen LogP contribution in [0.5, 0.6) is 0 Å². The van der Waals surface area contributed by atoms with Crippen molar-refractivity contribution in [3.05, 3.63) is 100 Å². The third-order valence-electron chi connectivity index (χ3n) is 8.88. The molecule has 2 aliphatic heterocycles. The predicted molar refractivity (Wildman–Crippen MR) is 171 cm³/mol. The summed E-state index contributed by atoms with van der Waals surface area (Å²) in [7, 11) is 0. The van der Waals surface area contributed by atoms with Crippen LogP contribution in [0, 0.1) is 18.7 Å². The van der Waals surface area contributed by atoms with Gasteiger partial charge in [-0.1, -0.05) is 48.0 Å². The minimum atomic E-state index is -0.203. The summed E-state index contributed by atoms with van der Waals surface area (Å²) in [5, 5.41) is 0.657. The zero-order valence-electron chi connectivity index (χ0n) is 25.2. The number of hydrogen-bond donors (Lipinski definition) is 0. The van der Waals surface area contributed by atoms with Gasteiger partial charge in [-0.15, -0.1) is 0 Å². The zero-order chi connectivity index (χ0) is 30.3. The maximum absolute atomic E-state index is 14.0. The van der Waals surface area contributed by atoms with Crippen molar-refractivity contribution < 1.29 is 14.0 Å². The van der Waals surface area contributed by atoms with Gasteiger partial charge in [0.15, 0.2) is 0 Å². The molecule has 0 bridgehead atoms. The smallest absolute Gasteiger partial charge is 0.253 e. The monoisotopic (exact) mass is 604 g/mol. The van der Waals surface area contributed by atoms with E-state index in [2.05, 4.69) is 16.7 Å². The topological polar surface area (TPSA) is 47.1 Å². The van der Waals surface area contributed by atoms with Gasteiger partial charge in [-0.05, 0) is 80.6 Å². The van der Waals surface area contributed by atoms with Gasteiger partial charge < -0.3 is 9.80 Å². The third kappa shape index (κ3) is 8.02. The number of piperazine rings is 1. The van der Waals surface area contributed by atoms with E-state index in [9.17, 15) is 14.0 Å². The molecule has 2 aliphatic rings. The zero-order valence-corrected chi connectivity index (χ0v) is 26.0. The summed E-state index contributed by atoms with van der Waals surface area (Å²) < 4.78 is 13.3. The van der Waals surface area contributed by atoms with E-state index in [0.717, 1.165) is 56.0 Å². The summed E-state index contributed by atoms with van der Waals surface area (Å²) in [6.45, 7) is 10.6. The molecule has 228 valence electrons. The molecule has 1 unspecified atom stereocenters. The number of rotatable bonds is 9. The lowest BCUT2D eigenvalue weighted by Gasteiger charge is -2.40. The highest BCUT2D eigenvalue weighted by atomic mass is 35.5. The van der Waals surface area contributed by atoms with E-state index in [1.807, 2.05) is 77.4 Å². The highest BCUT2D eigenvalue weighted by Crippen LogP contribution is 2.28. The number of halogens is 2. The van der Waals surface area contributed by atoms with Crippen molar-refractivity contribution in [1.29, 1.82) is 0 Å². The SMILES string of the molecule is Cc1ccc(N(CCCN2CCN(Cc3ccc(F)cc3)CC2C)C(=O)C2CCN(C(=O)c3ccccc3)CC2)cc1Cl. The maximum atomic E-state index is 14.0. The number of benzene rings is 3. The van der Waals surface area contributed by atoms with Gasteiger partial charge in [0.25, 0.3) is 5.91 Å². The molecule has 0 N–H and O–H groups in total. The second kappa shape index (κ2) is 14.5. The normalized spacial score (nSPS) is 18.5. The Balaban J connectivity index is 1.17. The number of amides is 2. The maximum Gasteiger partial charge on any atom is 0.253 e. The summed E-state index contributed by atoms with van der Waals surface area (Å²) >= 11 is 6.50. The fourth-order valence-corrected chi connectivity index (χ4v) is 6.43. The van der Waals surface area contributed by atoms with E-state index >= 15 is 0 Å². The summed E-state index contributed by atoms with van der Waals surface area (Å²) in [5.41, 5.74) is 3.63. The van der Waals surface area contributed by atoms with Crippen molar-refractivity contribution in [2.45, 2.75) is 45.7 Å². The standard InChI is InChI=1S/C35H42ClFN4O2/c1-26-9-14-32(23-33(26)36)41(35(43)30-15-19-40(20-16-30)34(42)29-7-4-3-5-8-29)18-6-17-39-22-21-38(24-27(39)2)25-28-10-12-31(37)13-11-28/h3-5,7-14,23,27,30H,6,15-22,24-25H2,1-2H3. The Morgan fingerprint density at radius 3 is 2.35 bits per heavy atom. The van der Waals surface area contributed by atoms with Crippen molar-refractivity contribution >= 4 is 29.1 Å². The van der Waals surface area contributed by atoms with E-state index < -0.39 is 0 Å². The third-order valence-corrected chi connectivity index (χ3v) is 9.29. The number of hydrogen-bond acceptors (Lipinski definition) is 4. The molecular formula is C35H42ClFN4O2. The summed E-state index contributed by atoms with van der Waals surface area (Å²) in [6, 6.07) is 22.4. The van der Waals surface area contributed by atoms with E-state index in [1.165, 1.54) is 12.1 Å². The van der Waals surface area contributed by atoms with Crippen LogP contribution in [-0.4, -0.2) is 78.4 Å². The number of carbonyl (C=O) groups excluding carboxylic acids is 2. The summed E-state index contributed by atoms with van der Waals surface area (Å²) in [4.78, 5) is 35.6. The summed E-state index contributed by atoms with van der Waals surface area (Å²) in [6.07, 6.45) is 2.16. The molecule has 2 heterocycles. The first-order valence-corrected chi connectivity index (χ1v) is 15.8. The van der Waals surface area contributed by atoms with E-state index in [0.29, 0.717) is 49.1 Å². The Morgan fingerprint density at radius 2 is 1.67 bits per heavy atom. The molecule has 2 amide bonds. The van der Waals surface area contributed by atoms with Gasteiger partial charge in [0.1, 0.15) is 5.82 Å². The average molecular weight is 605 g/mol. The van der Waals surface area contributed by atoms with Crippen LogP contribution < -0.4 is 4.90 Å². The van der Waals surface area contributed by atoms with E-state index in [-0.39, 0.29) is 23.5 Å². The molecule has 6 nitrogen and oxygen atoms in total. The quantitative estimate of drug-likeness (QED) is 0.289. The van der Waals surface area contributed by atoms with Crippen LogP contribution in [0.2, 0.25) is 5.02 Å². The average Bonchev–Trinajstić information content (AvgIpc) is 3.02. The molecule has 0 aliphatic carbocycles. The lowest BCUT2D eigenvalue weighted by molar-refractivity contribution is -0.123. The number of anilines is 1. The number of aryl methyl sites for hydroxylation is 1. The molecular weight excluding hydrogens is 563 g/mol. The Kier molecular flexibility index (Phi) is 10.5. The molecule has 5 rings (SSSR count). The van der Waals surface area contributed by atoms with Crippen LogP contribution in [-0.2, 0) is 11.3 Å². The number of nitrogens with zero attached hydrogens (tertiary/aromatic N) is 4. The highest BCUT2D eigenvalue weighted by molar-refractivity contribution is 6.31. The molecule has 1 atom stereocenters. The first-order valence-electron chi connectivity index (χ1n) is 15.4. The lowest BCUT2D eigenvalue weighted by atomic mass is 9.94. The fraction of sp³-hybridized carbons (Fsp3) is 0.429. The first kappa shape index (κ1) is 31.2. The molecule has 0 aromatic heterocycles. The van der Waals surface area contributed by atoms with Gasteiger partial charge in [0, 0.05) is 80.6 Å². The number of likely N-dealkylation sites (tertiary alicyclic amines) is 1. The van der Waals surface area contributed by atoms with Crippen LogP contribution in [0.15, 0.2) is 72.8 Å². The summed E-state index contributed by atoms with van der Waals surface area (Å²) in [5.74, 6) is -0.190. The van der Waals surface area contributed by atoms with Crippen LogP contribution in [0.25, 0.3) is 0 Å². The highest BCUT2D eigenvalue weighted by Gasteiger charge is 2.32. The van der Waals surface area contributed by atoms with Crippen molar-refractivity contribution in [2.75, 3.05) is 50.7 Å². The van der Waals surface area contributed by atoms with Crippen LogP contribution in [0.4, 0.5) is 10.1 Å². The van der Waals surface area contributed by atoms with Crippen molar-refractivity contribution in [2.24, 2.45) is 5.92 Å². The Bertz CT molecular complexity index is 1380. The number of piperidine rings is 1. The largest absolute Gasteiger partial charge is 0.339 e. The molecule has 8 heteroatoms. The first-order chi connectivity index (χ1) is 20.8. The minimum Gasteiger partial charge on any atom is -0.339 e. The Labute approximate surface area is 260 Å². The fourth-order valence-electron chi connectivity index (χ4n) is 6.26. The van der Waals surface area contributed by atoms with Crippen molar-refractivity contribution in [1.82, 2.24) is 14.7 Å². The second-order valence-electron chi connectivity index (χ2n) is 12.0. The second-order valence-corrected chi connectivity index (χ2v) is 12.4. The molecule has 0 spiro atoms. The molecule has 2 fully saturated rings. The van der Waals surface area contributed by atoms with Gasteiger partial charge >= 0.3 is 0 Å². The van der Waals surface area contributed by atoms with Gasteiger partial charge in [0.05, 0.1) is 0 Å². The van der Waals surface area contributed by atoms with Crippen LogP contribution in [0.3, 0.4) is 0 Å². The molecule has 0 saturated carbocycles. The Hall–Kier alpha value is -3.26. The molecule has 0 radical (unpaired) electrons. The van der Waals surface area contributed by atoms with Crippen LogP contribution >= 0.6 is 11.6 Å². The van der Waals surface area contributed by atoms with Crippen molar-refractivity contribution in [3.63, 3.8) is 0 Å². The Morgan fingerprint density at radius 1 is 0.953 bits per heavy atom. The van der Waals surface area contributed by atoms with Gasteiger partial charge in [-0.2, -0.15) is 0 Å². The molecule has 3 aromatic rings. The molecule has 3 aromatic carbocycles. The van der Waals surface area contributed by atoms with Gasteiger partial charge in [-0.3, -0.25) is 19.4 Å². The van der Waals surface area contributed by atoms with Crippen molar-refractivity contribution in [3.8, 4) is 0 Å². The molecule has 43 heavy (non-hydrogen) atoms.